The zero-order chi connectivity index (χ0) is 14.1. The van der Waals surface area contributed by atoms with E-state index < -0.39 is 0 Å². The Morgan fingerprint density at radius 3 is 2.90 bits per heavy atom. The fraction of sp³-hybridized carbons (Fsp3) is 0.333. The number of nitrogens with zero attached hydrogens (tertiary/aromatic N) is 3. The molecule has 0 saturated heterocycles. The van der Waals surface area contributed by atoms with Crippen LogP contribution in [0.5, 0.6) is 0 Å². The van der Waals surface area contributed by atoms with E-state index in [-0.39, 0.29) is 0 Å². The number of aryl methyl sites for hydroxylation is 3. The van der Waals surface area contributed by atoms with E-state index in [1.54, 1.807) is 11.3 Å². The van der Waals surface area contributed by atoms with Gasteiger partial charge in [0, 0.05) is 12.0 Å². The molecule has 0 aliphatic carbocycles. The van der Waals surface area contributed by atoms with Crippen LogP contribution in [0.25, 0.3) is 16.2 Å². The third kappa shape index (κ3) is 2.46. The molecule has 2 aromatic heterocycles. The Labute approximate surface area is 122 Å². The Bertz CT molecular complexity index is 710. The SMILES string of the molecule is Cc1ccc(C)c(-c2cn3nc(CCCN)sc3n2)c1. The predicted octanol–water partition coefficient (Wildman–Crippen LogP) is 2.97. The first kappa shape index (κ1) is 13.3. The van der Waals surface area contributed by atoms with E-state index in [4.69, 9.17) is 10.7 Å². The summed E-state index contributed by atoms with van der Waals surface area (Å²) in [7, 11) is 0. The first-order valence-corrected chi connectivity index (χ1v) is 7.62. The second-order valence-electron chi connectivity index (χ2n) is 5.06. The van der Waals surface area contributed by atoms with Gasteiger partial charge < -0.3 is 5.73 Å². The second kappa shape index (κ2) is 5.34. The van der Waals surface area contributed by atoms with Crippen LogP contribution in [0.3, 0.4) is 0 Å². The average Bonchev–Trinajstić information content (AvgIpc) is 2.97. The largest absolute Gasteiger partial charge is 0.330 e. The van der Waals surface area contributed by atoms with Crippen molar-refractivity contribution >= 4 is 16.3 Å². The molecule has 2 N–H and O–H groups in total. The van der Waals surface area contributed by atoms with Crippen LogP contribution in [-0.4, -0.2) is 21.1 Å². The Hall–Kier alpha value is -1.72. The fourth-order valence-electron chi connectivity index (χ4n) is 2.24. The van der Waals surface area contributed by atoms with Crippen molar-refractivity contribution in [2.75, 3.05) is 6.54 Å². The van der Waals surface area contributed by atoms with E-state index >= 15 is 0 Å². The first-order chi connectivity index (χ1) is 9.67. The van der Waals surface area contributed by atoms with Crippen molar-refractivity contribution in [3.63, 3.8) is 0 Å². The number of nitrogens with two attached hydrogens (primary N) is 1. The zero-order valence-corrected chi connectivity index (χ0v) is 12.6. The molecule has 0 saturated carbocycles. The summed E-state index contributed by atoms with van der Waals surface area (Å²) < 4.78 is 1.88. The van der Waals surface area contributed by atoms with Crippen LogP contribution < -0.4 is 5.73 Å². The van der Waals surface area contributed by atoms with E-state index in [0.717, 1.165) is 28.5 Å². The maximum absolute atomic E-state index is 5.53. The molecule has 1 aromatic carbocycles. The lowest BCUT2D eigenvalue weighted by atomic mass is 10.0. The lowest BCUT2D eigenvalue weighted by molar-refractivity contribution is 0.799. The molecule has 104 valence electrons. The van der Waals surface area contributed by atoms with Crippen LogP contribution in [-0.2, 0) is 6.42 Å². The minimum absolute atomic E-state index is 0.704. The third-order valence-electron chi connectivity index (χ3n) is 3.35. The molecule has 0 amide bonds. The van der Waals surface area contributed by atoms with Crippen molar-refractivity contribution in [1.82, 2.24) is 14.6 Å². The average molecular weight is 286 g/mol. The van der Waals surface area contributed by atoms with Crippen LogP contribution in [0, 0.1) is 13.8 Å². The summed E-state index contributed by atoms with van der Waals surface area (Å²) in [6.07, 6.45) is 3.92. The summed E-state index contributed by atoms with van der Waals surface area (Å²) in [5.74, 6) is 0. The van der Waals surface area contributed by atoms with Gasteiger partial charge in [0.05, 0.1) is 11.9 Å². The van der Waals surface area contributed by atoms with Gasteiger partial charge in [-0.1, -0.05) is 29.0 Å². The van der Waals surface area contributed by atoms with Gasteiger partial charge >= 0.3 is 0 Å². The van der Waals surface area contributed by atoms with Crippen molar-refractivity contribution < 1.29 is 0 Å². The number of hydrogen-bond donors (Lipinski definition) is 1. The van der Waals surface area contributed by atoms with Gasteiger partial charge in [0.25, 0.3) is 0 Å². The number of aromatic nitrogens is 3. The topological polar surface area (TPSA) is 56.2 Å². The van der Waals surface area contributed by atoms with Crippen LogP contribution in [0.1, 0.15) is 22.6 Å². The highest BCUT2D eigenvalue weighted by Gasteiger charge is 2.11. The standard InChI is InChI=1S/C15H18N4S/c1-10-5-6-11(2)12(8-10)13-9-19-15(17-13)20-14(18-19)4-3-7-16/h5-6,8-9H,3-4,7,16H2,1-2H3. The van der Waals surface area contributed by atoms with Crippen molar-refractivity contribution in [1.29, 1.82) is 0 Å². The van der Waals surface area contributed by atoms with Crippen LogP contribution in [0.15, 0.2) is 24.4 Å². The number of fused-ring (bicyclic) bond motifs is 1. The molecule has 0 atom stereocenters. The molecule has 0 radical (unpaired) electrons. The number of imidazole rings is 1. The molecular weight excluding hydrogens is 268 g/mol. The maximum atomic E-state index is 5.53. The minimum atomic E-state index is 0.704. The Morgan fingerprint density at radius 1 is 1.30 bits per heavy atom. The zero-order valence-electron chi connectivity index (χ0n) is 11.8. The van der Waals surface area contributed by atoms with Crippen LogP contribution in [0.4, 0.5) is 0 Å². The second-order valence-corrected chi connectivity index (χ2v) is 6.10. The Morgan fingerprint density at radius 2 is 2.15 bits per heavy atom. The van der Waals surface area contributed by atoms with Gasteiger partial charge in [-0.2, -0.15) is 5.10 Å². The van der Waals surface area contributed by atoms with Crippen LogP contribution in [0.2, 0.25) is 0 Å². The van der Waals surface area contributed by atoms with E-state index in [9.17, 15) is 0 Å². The first-order valence-electron chi connectivity index (χ1n) is 6.80. The van der Waals surface area contributed by atoms with Gasteiger partial charge in [-0.15, -0.1) is 0 Å². The van der Waals surface area contributed by atoms with Gasteiger partial charge in [-0.05, 0) is 38.4 Å². The maximum Gasteiger partial charge on any atom is 0.212 e. The predicted molar refractivity (Wildman–Crippen MR) is 83.1 cm³/mol. The van der Waals surface area contributed by atoms with Crippen molar-refractivity contribution in [2.24, 2.45) is 5.73 Å². The molecule has 20 heavy (non-hydrogen) atoms. The monoisotopic (exact) mass is 286 g/mol. The summed E-state index contributed by atoms with van der Waals surface area (Å²) in [4.78, 5) is 5.65. The van der Waals surface area contributed by atoms with Gasteiger partial charge in [0.1, 0.15) is 5.01 Å². The normalized spacial score (nSPS) is 11.3. The molecule has 0 aliphatic heterocycles. The summed E-state index contributed by atoms with van der Waals surface area (Å²) in [5, 5.41) is 5.67. The fourth-order valence-corrected chi connectivity index (χ4v) is 3.15. The van der Waals surface area contributed by atoms with Crippen molar-refractivity contribution in [3.8, 4) is 11.3 Å². The number of rotatable bonds is 4. The molecule has 0 spiro atoms. The van der Waals surface area contributed by atoms with E-state index in [2.05, 4.69) is 37.1 Å². The number of hydrogen-bond acceptors (Lipinski definition) is 4. The number of benzene rings is 1. The van der Waals surface area contributed by atoms with Crippen LogP contribution >= 0.6 is 11.3 Å². The van der Waals surface area contributed by atoms with Crippen molar-refractivity contribution in [2.45, 2.75) is 26.7 Å². The molecule has 0 unspecified atom stereocenters. The quantitative estimate of drug-likeness (QED) is 0.802. The molecule has 3 rings (SSSR count). The lowest BCUT2D eigenvalue weighted by Gasteiger charge is -2.03. The van der Waals surface area contributed by atoms with Gasteiger partial charge in [-0.25, -0.2) is 9.50 Å². The summed E-state index contributed by atoms with van der Waals surface area (Å²) in [6, 6.07) is 6.44. The highest BCUT2D eigenvalue weighted by molar-refractivity contribution is 7.16. The van der Waals surface area contributed by atoms with E-state index in [0.29, 0.717) is 6.54 Å². The Balaban J connectivity index is 1.97. The molecule has 3 aromatic rings. The van der Waals surface area contributed by atoms with Gasteiger partial charge in [0.15, 0.2) is 0 Å². The molecule has 0 fully saturated rings. The Kier molecular flexibility index (Phi) is 3.54. The molecule has 4 nitrogen and oxygen atoms in total. The molecule has 0 aliphatic rings. The van der Waals surface area contributed by atoms with E-state index in [1.807, 2.05) is 10.7 Å². The summed E-state index contributed by atoms with van der Waals surface area (Å²) in [6.45, 7) is 4.92. The third-order valence-corrected chi connectivity index (χ3v) is 4.33. The summed E-state index contributed by atoms with van der Waals surface area (Å²) >= 11 is 1.65. The van der Waals surface area contributed by atoms with Gasteiger partial charge in [-0.3, -0.25) is 0 Å². The lowest BCUT2D eigenvalue weighted by Crippen LogP contribution is -2.00. The molecule has 0 bridgehead atoms. The van der Waals surface area contributed by atoms with E-state index in [1.165, 1.54) is 16.7 Å². The molecule has 5 heteroatoms. The highest BCUT2D eigenvalue weighted by atomic mass is 32.1. The smallest absolute Gasteiger partial charge is 0.212 e. The minimum Gasteiger partial charge on any atom is -0.330 e. The van der Waals surface area contributed by atoms with Crippen molar-refractivity contribution in [3.05, 3.63) is 40.5 Å². The molecule has 2 heterocycles. The summed E-state index contributed by atoms with van der Waals surface area (Å²) in [5.41, 5.74) is 10.2. The molecular formula is C15H18N4S. The highest BCUT2D eigenvalue weighted by Crippen LogP contribution is 2.26. The van der Waals surface area contributed by atoms with Gasteiger partial charge in [0.2, 0.25) is 4.96 Å².